The number of likely N-dealkylation sites (tertiary alicyclic amines) is 1. The van der Waals surface area contributed by atoms with Crippen molar-refractivity contribution in [1.82, 2.24) is 14.8 Å². The minimum atomic E-state index is -0.441. The molecular weight excluding hydrogens is 422 g/mol. The zero-order valence-electron chi connectivity index (χ0n) is 16.2. The second kappa shape index (κ2) is 9.02. The Hall–Kier alpha value is -2.64. The third-order valence-electron chi connectivity index (χ3n) is 5.23. The zero-order chi connectivity index (χ0) is 21.1. The Kier molecular flexibility index (Phi) is 6.20. The molecule has 6 nitrogen and oxygen atoms in total. The third kappa shape index (κ3) is 4.42. The van der Waals surface area contributed by atoms with Gasteiger partial charge in [-0.05, 0) is 66.4 Å². The van der Waals surface area contributed by atoms with Gasteiger partial charge in [-0.2, -0.15) is 0 Å². The van der Waals surface area contributed by atoms with Crippen molar-refractivity contribution in [3.63, 3.8) is 0 Å². The number of piperidine rings is 1. The number of aromatic nitrogens is 1. The predicted octanol–water partition coefficient (Wildman–Crippen LogP) is 4.53. The summed E-state index contributed by atoms with van der Waals surface area (Å²) >= 11 is 6.74. The van der Waals surface area contributed by atoms with Gasteiger partial charge in [-0.15, -0.1) is 0 Å². The van der Waals surface area contributed by atoms with E-state index in [0.29, 0.717) is 16.5 Å². The molecule has 154 valence electrons. The van der Waals surface area contributed by atoms with E-state index in [1.54, 1.807) is 47.6 Å². The van der Waals surface area contributed by atoms with Crippen LogP contribution in [0.3, 0.4) is 0 Å². The molecule has 1 aromatic carbocycles. The van der Waals surface area contributed by atoms with Gasteiger partial charge in [0.2, 0.25) is 5.91 Å². The summed E-state index contributed by atoms with van der Waals surface area (Å²) in [5.41, 5.74) is 1.74. The summed E-state index contributed by atoms with van der Waals surface area (Å²) in [5.74, 6) is -0.665. The fraction of sp³-hybridized carbons (Fsp3) is 0.273. The Morgan fingerprint density at radius 2 is 2.00 bits per heavy atom. The quantitative estimate of drug-likeness (QED) is 0.652. The molecule has 0 bridgehead atoms. The maximum Gasteiger partial charge on any atom is 0.294 e. The molecule has 1 unspecified atom stereocenters. The van der Waals surface area contributed by atoms with Gasteiger partial charge >= 0.3 is 0 Å². The fourth-order valence-corrected chi connectivity index (χ4v) is 4.69. The zero-order valence-corrected chi connectivity index (χ0v) is 17.7. The highest BCUT2D eigenvalue weighted by molar-refractivity contribution is 8.18. The number of rotatable bonds is 4. The molecule has 0 spiro atoms. The molecule has 2 aliphatic rings. The first kappa shape index (κ1) is 20.6. The van der Waals surface area contributed by atoms with Gasteiger partial charge in [0.1, 0.15) is 6.54 Å². The van der Waals surface area contributed by atoms with Crippen LogP contribution < -0.4 is 0 Å². The Morgan fingerprint density at radius 1 is 1.20 bits per heavy atom. The van der Waals surface area contributed by atoms with E-state index in [-0.39, 0.29) is 18.5 Å². The smallest absolute Gasteiger partial charge is 0.294 e. The highest BCUT2D eigenvalue weighted by Gasteiger charge is 2.38. The van der Waals surface area contributed by atoms with Crippen LogP contribution in [-0.2, 0) is 9.59 Å². The molecule has 2 fully saturated rings. The van der Waals surface area contributed by atoms with Crippen molar-refractivity contribution in [2.24, 2.45) is 0 Å². The van der Waals surface area contributed by atoms with Crippen LogP contribution >= 0.6 is 23.4 Å². The van der Waals surface area contributed by atoms with Crippen molar-refractivity contribution >= 4 is 46.5 Å². The number of pyridine rings is 1. The predicted molar refractivity (Wildman–Crippen MR) is 117 cm³/mol. The summed E-state index contributed by atoms with van der Waals surface area (Å²) in [6, 6.07) is 10.7. The molecule has 2 saturated heterocycles. The Balaban J connectivity index is 1.49. The van der Waals surface area contributed by atoms with Gasteiger partial charge in [-0.3, -0.25) is 24.3 Å². The number of hydrogen-bond donors (Lipinski definition) is 0. The SMILES string of the molecule is O=C1SC(=Cc2ccc(Cl)cc2)C(=O)N1CC(=O)N1CCCCC1c1cccnc1. The summed E-state index contributed by atoms with van der Waals surface area (Å²) in [6.07, 6.45) is 7.88. The van der Waals surface area contributed by atoms with Gasteiger partial charge in [-0.25, -0.2) is 0 Å². The van der Waals surface area contributed by atoms with Crippen LogP contribution in [0, 0.1) is 0 Å². The van der Waals surface area contributed by atoms with Gasteiger partial charge in [0.25, 0.3) is 11.1 Å². The van der Waals surface area contributed by atoms with Crippen molar-refractivity contribution in [2.45, 2.75) is 25.3 Å². The second-order valence-corrected chi connectivity index (χ2v) is 8.63. The molecule has 0 radical (unpaired) electrons. The monoisotopic (exact) mass is 441 g/mol. The van der Waals surface area contributed by atoms with Gasteiger partial charge in [0.15, 0.2) is 0 Å². The first-order valence-corrected chi connectivity index (χ1v) is 10.9. The van der Waals surface area contributed by atoms with Crippen LogP contribution in [-0.4, -0.2) is 44.9 Å². The van der Waals surface area contributed by atoms with Crippen molar-refractivity contribution in [3.05, 3.63) is 69.8 Å². The molecule has 1 atom stereocenters. The summed E-state index contributed by atoms with van der Waals surface area (Å²) in [4.78, 5) is 45.5. The summed E-state index contributed by atoms with van der Waals surface area (Å²) in [7, 11) is 0. The second-order valence-electron chi connectivity index (χ2n) is 7.20. The van der Waals surface area contributed by atoms with Gasteiger partial charge in [0, 0.05) is 24.0 Å². The van der Waals surface area contributed by atoms with E-state index in [0.717, 1.165) is 47.1 Å². The number of hydrogen-bond acceptors (Lipinski definition) is 5. The highest BCUT2D eigenvalue weighted by Crippen LogP contribution is 2.34. The molecule has 1 aromatic heterocycles. The van der Waals surface area contributed by atoms with Gasteiger partial charge in [0.05, 0.1) is 10.9 Å². The molecule has 3 heterocycles. The average Bonchev–Trinajstić information content (AvgIpc) is 3.03. The molecule has 0 aliphatic carbocycles. The first-order valence-electron chi connectivity index (χ1n) is 9.73. The summed E-state index contributed by atoms with van der Waals surface area (Å²) in [6.45, 7) is 0.356. The van der Waals surface area contributed by atoms with E-state index in [4.69, 9.17) is 11.6 Å². The molecule has 4 rings (SSSR count). The Morgan fingerprint density at radius 3 is 2.73 bits per heavy atom. The molecular formula is C22H20ClN3O3S. The van der Waals surface area contributed by atoms with Crippen molar-refractivity contribution in [1.29, 1.82) is 0 Å². The normalized spacial score (nSPS) is 20.8. The maximum atomic E-state index is 13.0. The maximum absolute atomic E-state index is 13.0. The van der Waals surface area contributed by atoms with E-state index >= 15 is 0 Å². The lowest BCUT2D eigenvalue weighted by Gasteiger charge is -2.36. The number of halogens is 1. The van der Waals surface area contributed by atoms with Crippen LogP contribution in [0.5, 0.6) is 0 Å². The molecule has 0 N–H and O–H groups in total. The first-order chi connectivity index (χ1) is 14.5. The van der Waals surface area contributed by atoms with Crippen molar-refractivity contribution in [3.8, 4) is 0 Å². The average molecular weight is 442 g/mol. The molecule has 30 heavy (non-hydrogen) atoms. The molecule has 8 heteroatoms. The van der Waals surface area contributed by atoms with Crippen LogP contribution in [0.25, 0.3) is 6.08 Å². The Labute approximate surface area is 183 Å². The number of carbonyl (C=O) groups is 3. The number of thioether (sulfide) groups is 1. The fourth-order valence-electron chi connectivity index (χ4n) is 3.72. The van der Waals surface area contributed by atoms with Gasteiger partial charge < -0.3 is 4.90 Å². The number of amides is 3. The van der Waals surface area contributed by atoms with E-state index in [9.17, 15) is 14.4 Å². The number of imide groups is 1. The van der Waals surface area contributed by atoms with Crippen molar-refractivity contribution < 1.29 is 14.4 Å². The van der Waals surface area contributed by atoms with Crippen LogP contribution in [0.1, 0.15) is 36.4 Å². The molecule has 0 saturated carbocycles. The van der Waals surface area contributed by atoms with Crippen molar-refractivity contribution in [2.75, 3.05) is 13.1 Å². The van der Waals surface area contributed by atoms with Crippen LogP contribution in [0.2, 0.25) is 5.02 Å². The van der Waals surface area contributed by atoms with E-state index in [1.807, 2.05) is 12.1 Å². The molecule has 2 aliphatic heterocycles. The minimum absolute atomic E-state index is 0.0792. The number of nitrogens with zero attached hydrogens (tertiary/aromatic N) is 3. The van der Waals surface area contributed by atoms with Gasteiger partial charge in [-0.1, -0.05) is 29.8 Å². The van der Waals surface area contributed by atoms with E-state index in [2.05, 4.69) is 4.98 Å². The summed E-state index contributed by atoms with van der Waals surface area (Å²) in [5, 5.41) is 0.166. The van der Waals surface area contributed by atoms with E-state index in [1.165, 1.54) is 0 Å². The molecule has 2 aromatic rings. The lowest BCUT2D eigenvalue weighted by atomic mass is 9.96. The highest BCUT2D eigenvalue weighted by atomic mass is 35.5. The summed E-state index contributed by atoms with van der Waals surface area (Å²) < 4.78 is 0. The molecule has 3 amide bonds. The lowest BCUT2D eigenvalue weighted by molar-refractivity contribution is -0.138. The Bertz CT molecular complexity index is 994. The van der Waals surface area contributed by atoms with Crippen LogP contribution in [0.4, 0.5) is 4.79 Å². The van der Waals surface area contributed by atoms with E-state index < -0.39 is 11.1 Å². The standard InChI is InChI=1S/C22H20ClN3O3S/c23-17-8-6-15(7-9-17)12-19-21(28)26(22(29)30-19)14-20(27)25-11-2-1-5-18(25)16-4-3-10-24-13-16/h3-4,6-10,12-13,18H,1-2,5,11,14H2. The number of benzene rings is 1. The van der Waals surface area contributed by atoms with Crippen LogP contribution in [0.15, 0.2) is 53.7 Å². The largest absolute Gasteiger partial charge is 0.334 e. The topological polar surface area (TPSA) is 70.6 Å². The third-order valence-corrected chi connectivity index (χ3v) is 6.39. The number of carbonyl (C=O) groups excluding carboxylic acids is 3. The minimum Gasteiger partial charge on any atom is -0.334 e. The lowest BCUT2D eigenvalue weighted by Crippen LogP contribution is -2.45.